The van der Waals surface area contributed by atoms with Gasteiger partial charge < -0.3 is 15.5 Å². The van der Waals surface area contributed by atoms with E-state index in [4.69, 9.17) is 10.5 Å². The van der Waals surface area contributed by atoms with Crippen LogP contribution >= 0.6 is 11.8 Å². The van der Waals surface area contributed by atoms with Crippen LogP contribution in [0.2, 0.25) is 0 Å². The van der Waals surface area contributed by atoms with Gasteiger partial charge >= 0.3 is 0 Å². The zero-order valence-corrected chi connectivity index (χ0v) is 14.8. The topological polar surface area (TPSA) is 91.9 Å². The van der Waals surface area contributed by atoms with E-state index in [1.165, 1.54) is 0 Å². The van der Waals surface area contributed by atoms with E-state index in [0.29, 0.717) is 16.8 Å². The molecule has 3 aromatic rings. The van der Waals surface area contributed by atoms with Crippen molar-refractivity contribution in [1.82, 2.24) is 4.98 Å². The summed E-state index contributed by atoms with van der Waals surface area (Å²) in [4.78, 5) is 16.8. The number of rotatable bonds is 2. The maximum atomic E-state index is 12.8. The Balaban J connectivity index is 2.03. The minimum atomic E-state index is -0.562. The van der Waals surface area contributed by atoms with Gasteiger partial charge in [-0.1, -0.05) is 24.3 Å². The van der Waals surface area contributed by atoms with Crippen LogP contribution in [0.5, 0.6) is 5.75 Å². The molecule has 128 valence electrons. The minimum absolute atomic E-state index is 0.0368. The highest BCUT2D eigenvalue weighted by Gasteiger charge is 2.34. The lowest BCUT2D eigenvalue weighted by atomic mass is 9.83. The van der Waals surface area contributed by atoms with Crippen LogP contribution in [0.3, 0.4) is 0 Å². The van der Waals surface area contributed by atoms with Crippen molar-refractivity contribution in [1.29, 1.82) is 5.26 Å². The van der Waals surface area contributed by atoms with E-state index in [-0.39, 0.29) is 17.0 Å². The van der Waals surface area contributed by atoms with E-state index < -0.39 is 5.92 Å². The molecule has 5 nitrogen and oxygen atoms in total. The number of nitriles is 1. The number of hydrogen-bond acceptors (Lipinski definition) is 5. The highest BCUT2D eigenvalue weighted by atomic mass is 32.2. The predicted octanol–water partition coefficient (Wildman–Crippen LogP) is 3.47. The van der Waals surface area contributed by atoms with Crippen LogP contribution in [0.25, 0.3) is 10.9 Å². The summed E-state index contributed by atoms with van der Waals surface area (Å²) in [5, 5.41) is 10.4. The molecule has 0 fully saturated rings. The van der Waals surface area contributed by atoms with Gasteiger partial charge in [0.1, 0.15) is 17.4 Å². The number of hydrogen-bond donors (Lipinski definition) is 2. The Kier molecular flexibility index (Phi) is 3.94. The number of fused-ring (bicyclic) bond motifs is 3. The number of nitrogens with two attached hydrogens (primary N) is 1. The van der Waals surface area contributed by atoms with Gasteiger partial charge in [-0.2, -0.15) is 5.26 Å². The Morgan fingerprint density at radius 2 is 1.92 bits per heavy atom. The number of benzene rings is 2. The van der Waals surface area contributed by atoms with E-state index in [1.54, 1.807) is 11.8 Å². The lowest BCUT2D eigenvalue weighted by Gasteiger charge is -2.26. The van der Waals surface area contributed by atoms with Crippen molar-refractivity contribution >= 4 is 22.7 Å². The minimum Gasteiger partial charge on any atom is -0.439 e. The molecule has 2 heterocycles. The van der Waals surface area contributed by atoms with Gasteiger partial charge in [-0.15, -0.1) is 11.8 Å². The van der Waals surface area contributed by atoms with Crippen LogP contribution in [-0.4, -0.2) is 11.2 Å². The van der Waals surface area contributed by atoms with E-state index in [2.05, 4.69) is 11.1 Å². The molecule has 1 aliphatic heterocycles. The molecule has 0 spiro atoms. The molecule has 1 atom stereocenters. The van der Waals surface area contributed by atoms with Crippen LogP contribution in [0, 0.1) is 11.3 Å². The molecule has 0 saturated carbocycles. The number of allylic oxidation sites excluding steroid dienone is 1. The van der Waals surface area contributed by atoms with E-state index >= 15 is 0 Å². The fourth-order valence-corrected chi connectivity index (χ4v) is 3.71. The molecule has 2 aromatic carbocycles. The van der Waals surface area contributed by atoms with Gasteiger partial charge in [0.25, 0.3) is 5.56 Å². The average Bonchev–Trinajstić information content (AvgIpc) is 2.67. The first-order valence-electron chi connectivity index (χ1n) is 8.00. The number of nitrogens with zero attached hydrogens (tertiary/aromatic N) is 1. The van der Waals surface area contributed by atoms with Crippen molar-refractivity contribution in [3.8, 4) is 11.8 Å². The molecular formula is C20H15N3O2S. The molecular weight excluding hydrogens is 346 g/mol. The van der Waals surface area contributed by atoms with Crippen molar-refractivity contribution in [2.45, 2.75) is 10.8 Å². The number of aromatic nitrogens is 1. The lowest BCUT2D eigenvalue weighted by Crippen LogP contribution is -2.27. The average molecular weight is 361 g/mol. The molecule has 4 rings (SSSR count). The van der Waals surface area contributed by atoms with E-state index in [0.717, 1.165) is 15.8 Å². The van der Waals surface area contributed by atoms with Crippen LogP contribution in [0.15, 0.2) is 69.7 Å². The monoisotopic (exact) mass is 361 g/mol. The molecule has 0 bridgehead atoms. The van der Waals surface area contributed by atoms with Crippen molar-refractivity contribution in [3.63, 3.8) is 0 Å². The van der Waals surface area contributed by atoms with Crippen molar-refractivity contribution in [2.75, 3.05) is 6.26 Å². The highest BCUT2D eigenvalue weighted by molar-refractivity contribution is 7.98. The van der Waals surface area contributed by atoms with E-state index in [1.807, 2.05) is 54.8 Å². The lowest BCUT2D eigenvalue weighted by molar-refractivity contribution is 0.397. The van der Waals surface area contributed by atoms with Gasteiger partial charge in [-0.25, -0.2) is 0 Å². The standard InChI is InChI=1S/C20H15N3O2S/c1-26-12-8-6-11(7-9-12)16-14(10-21)19(22)25-18-13-4-2-3-5-15(13)23-20(24)17(16)18/h2-9,16H,22H2,1H3,(H,23,24)/t16-/m0/s1. The first-order valence-corrected chi connectivity index (χ1v) is 9.23. The largest absolute Gasteiger partial charge is 0.439 e. The second-order valence-electron chi connectivity index (χ2n) is 5.94. The second-order valence-corrected chi connectivity index (χ2v) is 6.82. The maximum Gasteiger partial charge on any atom is 0.256 e. The smallest absolute Gasteiger partial charge is 0.256 e. The molecule has 0 saturated heterocycles. The normalized spacial score (nSPS) is 16.1. The maximum absolute atomic E-state index is 12.8. The Labute approximate surface area is 154 Å². The number of nitrogens with one attached hydrogen (secondary N) is 1. The molecule has 0 amide bonds. The summed E-state index contributed by atoms with van der Waals surface area (Å²) in [7, 11) is 0. The SMILES string of the molecule is CSc1ccc([C@H]2C(C#N)=C(N)Oc3c2c(=O)[nH]c2ccccc32)cc1. The van der Waals surface area contributed by atoms with Crippen molar-refractivity contribution < 1.29 is 4.74 Å². The molecule has 26 heavy (non-hydrogen) atoms. The number of pyridine rings is 1. The number of para-hydroxylation sites is 1. The molecule has 0 aliphatic carbocycles. The van der Waals surface area contributed by atoms with Crippen LogP contribution < -0.4 is 16.0 Å². The number of aromatic amines is 1. The quantitative estimate of drug-likeness (QED) is 0.682. The molecule has 3 N–H and O–H groups in total. The van der Waals surface area contributed by atoms with Gasteiger partial charge in [0.15, 0.2) is 0 Å². The van der Waals surface area contributed by atoms with Crippen LogP contribution in [0.1, 0.15) is 17.0 Å². The van der Waals surface area contributed by atoms with Gasteiger partial charge in [-0.3, -0.25) is 4.79 Å². The van der Waals surface area contributed by atoms with Gasteiger partial charge in [0.05, 0.1) is 17.0 Å². The third-order valence-electron chi connectivity index (χ3n) is 4.53. The van der Waals surface area contributed by atoms with Gasteiger partial charge in [0.2, 0.25) is 5.88 Å². The summed E-state index contributed by atoms with van der Waals surface area (Å²) < 4.78 is 5.74. The summed E-state index contributed by atoms with van der Waals surface area (Å²) in [5.41, 5.74) is 7.92. The predicted molar refractivity (Wildman–Crippen MR) is 102 cm³/mol. The summed E-state index contributed by atoms with van der Waals surface area (Å²) in [6, 6.07) is 17.3. The molecule has 0 unspecified atom stereocenters. The Morgan fingerprint density at radius 1 is 1.19 bits per heavy atom. The fraction of sp³-hybridized carbons (Fsp3) is 0.100. The number of ether oxygens (including phenoxy) is 1. The molecule has 0 radical (unpaired) electrons. The summed E-state index contributed by atoms with van der Waals surface area (Å²) in [6.45, 7) is 0. The van der Waals surface area contributed by atoms with Gasteiger partial charge in [-0.05, 0) is 36.1 Å². The summed E-state index contributed by atoms with van der Waals surface area (Å²) in [5.74, 6) is -0.109. The Morgan fingerprint density at radius 3 is 2.62 bits per heavy atom. The molecule has 1 aliphatic rings. The van der Waals surface area contributed by atoms with Crippen molar-refractivity contribution in [3.05, 3.63) is 81.5 Å². The fourth-order valence-electron chi connectivity index (χ4n) is 3.30. The van der Waals surface area contributed by atoms with E-state index in [9.17, 15) is 10.1 Å². The number of thioether (sulfide) groups is 1. The first kappa shape index (κ1) is 16.3. The van der Waals surface area contributed by atoms with Crippen molar-refractivity contribution in [2.24, 2.45) is 5.73 Å². The summed E-state index contributed by atoms with van der Waals surface area (Å²) >= 11 is 1.63. The Hall–Kier alpha value is -3.17. The summed E-state index contributed by atoms with van der Waals surface area (Å²) in [6.07, 6.45) is 1.99. The van der Waals surface area contributed by atoms with Crippen LogP contribution in [0.4, 0.5) is 0 Å². The second kappa shape index (κ2) is 6.28. The molecule has 6 heteroatoms. The third-order valence-corrected chi connectivity index (χ3v) is 5.28. The zero-order chi connectivity index (χ0) is 18.3. The first-order chi connectivity index (χ1) is 12.6. The Bertz CT molecular complexity index is 1140. The number of H-pyrrole nitrogens is 1. The van der Waals surface area contributed by atoms with Gasteiger partial charge in [0, 0.05) is 10.3 Å². The zero-order valence-electron chi connectivity index (χ0n) is 13.9. The third kappa shape index (κ3) is 2.45. The highest BCUT2D eigenvalue weighted by Crippen LogP contribution is 2.43. The van der Waals surface area contributed by atoms with Crippen LogP contribution in [-0.2, 0) is 0 Å². The molecule has 1 aromatic heterocycles.